The van der Waals surface area contributed by atoms with Gasteiger partial charge in [0.05, 0.1) is 5.84 Å². The summed E-state index contributed by atoms with van der Waals surface area (Å²) in [7, 11) is 0. The van der Waals surface area contributed by atoms with Crippen molar-refractivity contribution in [1.82, 2.24) is 5.32 Å². The minimum absolute atomic E-state index is 0.0826. The van der Waals surface area contributed by atoms with E-state index in [0.717, 1.165) is 5.56 Å². The zero-order valence-electron chi connectivity index (χ0n) is 8.71. The lowest BCUT2D eigenvalue weighted by atomic mass is 10.1. The second kappa shape index (κ2) is 5.14. The van der Waals surface area contributed by atoms with Gasteiger partial charge in [0.15, 0.2) is 0 Å². The highest BCUT2D eigenvalue weighted by Gasteiger charge is 2.03. The van der Waals surface area contributed by atoms with Crippen LogP contribution >= 0.6 is 0 Å². The van der Waals surface area contributed by atoms with E-state index in [1.54, 1.807) is 12.1 Å². The first-order valence-electron chi connectivity index (χ1n) is 4.77. The molecule has 0 radical (unpaired) electrons. The molecule has 4 heteroatoms. The highest BCUT2D eigenvalue weighted by Crippen LogP contribution is 2.02. The van der Waals surface area contributed by atoms with Crippen LogP contribution in [-0.4, -0.2) is 18.3 Å². The maximum absolute atomic E-state index is 11.5. The standard InChI is InChI=1S/C11H15N3O/c1-8-2-4-9(5-3-8)11(15)14-7-6-10(12)13/h2-5H,6-7H2,1H3,(H3,12,13)(H,14,15). The zero-order chi connectivity index (χ0) is 11.3. The predicted molar refractivity (Wildman–Crippen MR) is 60.0 cm³/mol. The smallest absolute Gasteiger partial charge is 0.251 e. The molecule has 0 saturated heterocycles. The molecular weight excluding hydrogens is 190 g/mol. The van der Waals surface area contributed by atoms with Crippen LogP contribution in [0.25, 0.3) is 0 Å². The third kappa shape index (κ3) is 3.81. The van der Waals surface area contributed by atoms with Gasteiger partial charge in [-0.15, -0.1) is 0 Å². The number of carbonyl (C=O) groups is 1. The van der Waals surface area contributed by atoms with Crippen LogP contribution in [0.2, 0.25) is 0 Å². The summed E-state index contributed by atoms with van der Waals surface area (Å²) >= 11 is 0. The minimum Gasteiger partial charge on any atom is -0.388 e. The van der Waals surface area contributed by atoms with Crippen LogP contribution in [0.4, 0.5) is 0 Å². The van der Waals surface area contributed by atoms with E-state index in [4.69, 9.17) is 11.1 Å². The number of aryl methyl sites for hydroxylation is 1. The van der Waals surface area contributed by atoms with Gasteiger partial charge in [0.1, 0.15) is 0 Å². The van der Waals surface area contributed by atoms with Gasteiger partial charge >= 0.3 is 0 Å². The maximum Gasteiger partial charge on any atom is 0.251 e. The van der Waals surface area contributed by atoms with Gasteiger partial charge < -0.3 is 11.1 Å². The first-order chi connectivity index (χ1) is 7.09. The molecule has 0 heterocycles. The molecule has 0 atom stereocenters. The molecule has 80 valence electrons. The fourth-order valence-electron chi connectivity index (χ4n) is 1.12. The minimum atomic E-state index is -0.128. The Hall–Kier alpha value is -1.84. The average Bonchev–Trinajstić information content (AvgIpc) is 2.18. The SMILES string of the molecule is Cc1ccc(C(=O)NCCC(=N)N)cc1. The van der Waals surface area contributed by atoms with Crippen LogP contribution in [-0.2, 0) is 0 Å². The van der Waals surface area contributed by atoms with Crippen molar-refractivity contribution in [3.8, 4) is 0 Å². The second-order valence-corrected chi connectivity index (χ2v) is 3.40. The molecule has 1 rings (SSSR count). The summed E-state index contributed by atoms with van der Waals surface area (Å²) in [5.74, 6) is -0.0459. The van der Waals surface area contributed by atoms with Crippen LogP contribution in [0, 0.1) is 12.3 Å². The molecule has 0 spiro atoms. The van der Waals surface area contributed by atoms with Gasteiger partial charge in [0, 0.05) is 18.5 Å². The van der Waals surface area contributed by atoms with Gasteiger partial charge in [0.2, 0.25) is 0 Å². The number of amidine groups is 1. The highest BCUT2D eigenvalue weighted by molar-refractivity contribution is 5.94. The van der Waals surface area contributed by atoms with Crippen molar-refractivity contribution in [1.29, 1.82) is 5.41 Å². The first-order valence-corrected chi connectivity index (χ1v) is 4.77. The third-order valence-electron chi connectivity index (χ3n) is 1.99. The van der Waals surface area contributed by atoms with E-state index in [2.05, 4.69) is 5.32 Å². The van der Waals surface area contributed by atoms with Crippen molar-refractivity contribution in [3.63, 3.8) is 0 Å². The summed E-state index contributed by atoms with van der Waals surface area (Å²) in [6, 6.07) is 7.33. The van der Waals surface area contributed by atoms with E-state index >= 15 is 0 Å². The van der Waals surface area contributed by atoms with E-state index in [-0.39, 0.29) is 11.7 Å². The molecule has 0 fully saturated rings. The van der Waals surface area contributed by atoms with Crippen LogP contribution in [0.3, 0.4) is 0 Å². The Balaban J connectivity index is 2.47. The summed E-state index contributed by atoms with van der Waals surface area (Å²) in [5.41, 5.74) is 6.92. The van der Waals surface area contributed by atoms with Gasteiger partial charge in [-0.25, -0.2) is 0 Å². The van der Waals surface area contributed by atoms with Crippen molar-refractivity contribution in [3.05, 3.63) is 35.4 Å². The normalized spacial score (nSPS) is 9.67. The number of nitrogens with one attached hydrogen (secondary N) is 2. The lowest BCUT2D eigenvalue weighted by Gasteiger charge is -2.04. The Morgan fingerprint density at radius 3 is 2.53 bits per heavy atom. The molecule has 15 heavy (non-hydrogen) atoms. The Morgan fingerprint density at radius 2 is 2.00 bits per heavy atom. The number of hydrogen-bond acceptors (Lipinski definition) is 2. The Kier molecular flexibility index (Phi) is 3.85. The molecule has 1 aromatic carbocycles. The van der Waals surface area contributed by atoms with E-state index in [1.165, 1.54) is 0 Å². The van der Waals surface area contributed by atoms with E-state index in [0.29, 0.717) is 18.5 Å². The lowest BCUT2D eigenvalue weighted by Crippen LogP contribution is -2.27. The fraction of sp³-hybridized carbons (Fsp3) is 0.273. The van der Waals surface area contributed by atoms with Gasteiger partial charge in [0.25, 0.3) is 5.91 Å². The molecule has 1 aromatic rings. The number of hydrogen-bond donors (Lipinski definition) is 3. The first kappa shape index (κ1) is 11.2. The van der Waals surface area contributed by atoms with Crippen molar-refractivity contribution in [2.45, 2.75) is 13.3 Å². The van der Waals surface area contributed by atoms with Crippen LogP contribution in [0.1, 0.15) is 22.3 Å². The van der Waals surface area contributed by atoms with Gasteiger partial charge in [-0.05, 0) is 19.1 Å². The quantitative estimate of drug-likeness (QED) is 0.507. The Bertz CT molecular complexity index is 357. The fourth-order valence-corrected chi connectivity index (χ4v) is 1.12. The largest absolute Gasteiger partial charge is 0.388 e. The molecule has 0 aliphatic heterocycles. The Morgan fingerprint density at radius 1 is 1.40 bits per heavy atom. The van der Waals surface area contributed by atoms with Gasteiger partial charge in [-0.2, -0.15) is 0 Å². The number of nitrogens with two attached hydrogens (primary N) is 1. The molecule has 1 amide bonds. The lowest BCUT2D eigenvalue weighted by molar-refractivity contribution is 0.0955. The number of rotatable bonds is 4. The monoisotopic (exact) mass is 205 g/mol. The van der Waals surface area contributed by atoms with Crippen molar-refractivity contribution < 1.29 is 4.79 Å². The second-order valence-electron chi connectivity index (χ2n) is 3.40. The summed E-state index contributed by atoms with van der Waals surface area (Å²) < 4.78 is 0. The molecular formula is C11H15N3O. The number of benzene rings is 1. The van der Waals surface area contributed by atoms with Crippen molar-refractivity contribution >= 4 is 11.7 Å². The summed E-state index contributed by atoms with van der Waals surface area (Å²) in [4.78, 5) is 11.5. The van der Waals surface area contributed by atoms with E-state index in [1.807, 2.05) is 19.1 Å². The van der Waals surface area contributed by atoms with E-state index < -0.39 is 0 Å². The van der Waals surface area contributed by atoms with Crippen LogP contribution < -0.4 is 11.1 Å². The van der Waals surface area contributed by atoms with Gasteiger partial charge in [-0.3, -0.25) is 10.2 Å². The molecule has 0 aromatic heterocycles. The Labute approximate surface area is 89.0 Å². The third-order valence-corrected chi connectivity index (χ3v) is 1.99. The molecule has 4 nitrogen and oxygen atoms in total. The maximum atomic E-state index is 11.5. The molecule has 0 aliphatic rings. The van der Waals surface area contributed by atoms with E-state index in [9.17, 15) is 4.79 Å². The number of carbonyl (C=O) groups excluding carboxylic acids is 1. The zero-order valence-corrected chi connectivity index (χ0v) is 8.71. The van der Waals surface area contributed by atoms with Crippen molar-refractivity contribution in [2.24, 2.45) is 5.73 Å². The predicted octanol–water partition coefficient (Wildman–Crippen LogP) is 1.05. The van der Waals surface area contributed by atoms with Crippen molar-refractivity contribution in [2.75, 3.05) is 6.54 Å². The highest BCUT2D eigenvalue weighted by atomic mass is 16.1. The van der Waals surface area contributed by atoms with Gasteiger partial charge in [-0.1, -0.05) is 17.7 Å². The number of amides is 1. The molecule has 0 unspecified atom stereocenters. The molecule has 0 bridgehead atoms. The topological polar surface area (TPSA) is 79.0 Å². The summed E-state index contributed by atoms with van der Waals surface area (Å²) in [6.45, 7) is 2.37. The summed E-state index contributed by atoms with van der Waals surface area (Å²) in [6.07, 6.45) is 0.387. The molecule has 0 aliphatic carbocycles. The molecule has 0 saturated carbocycles. The average molecular weight is 205 g/mol. The van der Waals surface area contributed by atoms with Crippen LogP contribution in [0.15, 0.2) is 24.3 Å². The van der Waals surface area contributed by atoms with Crippen LogP contribution in [0.5, 0.6) is 0 Å². The summed E-state index contributed by atoms with van der Waals surface area (Å²) in [5, 5.41) is 9.69. The molecule has 4 N–H and O–H groups in total.